The molecule has 42 heteroatoms. The average molecular weight is 2020 g/mol. The maximum absolute atomic E-state index is 13.6. The first kappa shape index (κ1) is 125. The summed E-state index contributed by atoms with van der Waals surface area (Å²) in [6.07, 6.45) is -5.92. The third kappa shape index (κ3) is 42.8. The first-order valence-corrected chi connectivity index (χ1v) is 31.7. The van der Waals surface area contributed by atoms with Crippen molar-refractivity contribution in [1.82, 2.24) is 0 Å². The molecule has 4 N–H and O–H groups in total. The quantitative estimate of drug-likeness (QED) is 0.00893. The van der Waals surface area contributed by atoms with Gasteiger partial charge in [0.2, 0.25) is 86.7 Å². The molecule has 0 heterocycles. The van der Waals surface area contributed by atoms with Gasteiger partial charge in [-0.2, -0.15) is 30.7 Å². The normalized spacial score (nSPS) is 8.91. The zero-order chi connectivity index (χ0) is 83.5. The molecule has 0 bridgehead atoms. The van der Waals surface area contributed by atoms with Crippen molar-refractivity contribution in [2.75, 3.05) is 30.9 Å². The van der Waals surface area contributed by atoms with Crippen LogP contribution < -0.4 is 48.5 Å². The van der Waals surface area contributed by atoms with Crippen molar-refractivity contribution < 1.29 is 196 Å². The molecule has 0 amide bonds. The molecule has 24 nitrogen and oxygen atoms in total. The number of aliphatic carboxylic acids is 1. The van der Waals surface area contributed by atoms with Crippen molar-refractivity contribution in [1.29, 1.82) is 10.5 Å². The van der Waals surface area contributed by atoms with Crippen LogP contribution in [0.4, 0.5) is 74.1 Å². The van der Waals surface area contributed by atoms with Gasteiger partial charge in [-0.3, -0.25) is 4.79 Å². The Bertz CT molecular complexity index is 4350. The minimum Gasteiger partial charge on any atom is -0.519 e. The van der Waals surface area contributed by atoms with Crippen LogP contribution in [0.1, 0.15) is 124 Å². The Hall–Kier alpha value is -9.92. The number of esters is 6. The fraction of sp³-hybridized carbons (Fsp3) is 0.250. The van der Waals surface area contributed by atoms with Gasteiger partial charge in [-0.1, -0.05) is 82.3 Å². The maximum Gasteiger partial charge on any atom is 1.00 e. The summed E-state index contributed by atoms with van der Waals surface area (Å²) < 4.78 is 203. The van der Waals surface area contributed by atoms with Gasteiger partial charge in [0.25, 0.3) is 5.97 Å². The number of ether oxygens (including phenoxy) is 8. The molecule has 0 atom stereocenters. The topological polar surface area (TPSA) is 335 Å². The fourth-order valence-electron chi connectivity index (χ4n) is 6.26. The summed E-state index contributed by atoms with van der Waals surface area (Å²) in [5, 5.41) is 47.0. The molecule has 0 saturated heterocycles. The van der Waals surface area contributed by atoms with Crippen LogP contribution in [-0.4, -0.2) is 111 Å². The summed E-state index contributed by atoms with van der Waals surface area (Å²) in [4.78, 5) is 84.7. The Morgan fingerprint density at radius 1 is 0.439 bits per heavy atom. The van der Waals surface area contributed by atoms with E-state index in [9.17, 15) is 85.8 Å². The fourth-order valence-corrected chi connectivity index (χ4v) is 6.78. The van der Waals surface area contributed by atoms with Gasteiger partial charge < -0.3 is 82.0 Å². The summed E-state index contributed by atoms with van der Waals surface area (Å²) in [5.41, 5.74) is 1.42. The first-order chi connectivity index (χ1) is 50.0. The van der Waals surface area contributed by atoms with E-state index < -0.39 is 118 Å². The molecular formula is C72H71CuF13I3N5NaO19. The van der Waals surface area contributed by atoms with Gasteiger partial charge >= 0.3 is 88.6 Å². The van der Waals surface area contributed by atoms with Crippen molar-refractivity contribution in [2.45, 2.75) is 90.1 Å². The van der Waals surface area contributed by atoms with E-state index in [4.69, 9.17) is 78.1 Å². The first-order valence-electron chi connectivity index (χ1n) is 27.5. The monoisotopic (exact) mass is 2020 g/mol. The van der Waals surface area contributed by atoms with Crippen LogP contribution in [0.15, 0.2) is 97.1 Å². The molecule has 7 aromatic carbocycles. The van der Waals surface area contributed by atoms with Gasteiger partial charge in [0, 0.05) is 23.6 Å². The summed E-state index contributed by atoms with van der Waals surface area (Å²) in [7, 11) is 5.20. The van der Waals surface area contributed by atoms with Gasteiger partial charge in [-0.25, -0.2) is 69.6 Å². The molecule has 0 aromatic heterocycles. The number of hydrogen-bond donors (Lipinski definition) is 4. The molecule has 0 unspecified atom stereocenters. The number of nitrogens with zero attached hydrogens (tertiary/aromatic N) is 5. The molecule has 7 rings (SSSR count). The van der Waals surface area contributed by atoms with E-state index in [-0.39, 0.29) is 141 Å². The average Bonchev–Trinajstić information content (AvgIpc) is 0.793. The Labute approximate surface area is 722 Å². The van der Waals surface area contributed by atoms with Crippen LogP contribution >= 0.6 is 67.8 Å². The number of phenols is 3. The number of carbonyl (C=O) groups is 7. The van der Waals surface area contributed by atoms with Crippen molar-refractivity contribution in [3.8, 4) is 40.2 Å². The number of carboxylic acids is 1. The van der Waals surface area contributed by atoms with Crippen molar-refractivity contribution in [3.05, 3.63) is 234 Å². The van der Waals surface area contributed by atoms with E-state index in [0.29, 0.717) is 31.7 Å². The van der Waals surface area contributed by atoms with Crippen LogP contribution in [0.25, 0.3) is 14.5 Å². The number of aromatic hydroxyl groups is 3. The number of carboxylic acid groups (broad SMARTS) is 1. The Kier molecular flexibility index (Phi) is 70.7. The third-order valence-electron chi connectivity index (χ3n) is 10.7. The standard InChI is InChI=1S/C17H10F5NO3.C12H13NO3.C9H7NO3.C8F8O2.C8H7IO3.C8H8O3.C2H4O2.CH2I2.2CN.5CH4.Cu.Na/c1-7(2)25-10-5-4-8(6-9(10)23-3)17(24)26-16-14(21)12(19)11(18)13(20)15(16)22;1-8(2)16-11-6-5-9(12(14)15-4)7-10(11)13-3;1-10-7-5-6(9(12)13-2)3-4-8(7)11;9-1-2(10)4(12)6(5(13)3(1)11)18-7(17)8(14,15)16;1-12-8(11)5-2-3-7(10)6(9)4-5;1-11-8(10)6-2-4-7(9)5-3-6;1-2(3)4;2-1-3;2*1-2;;;;;;;/h4-7H,1-2H3;5-8H,1-2,4H3;3-5,11H,2H3;;2-4,10H,1H3;2-5,9H,1H3;1H3,(H,3,4);1H2;;;5*1H4;;/q;;;;;;;;2*-1;;;;;;2*+1. The predicted octanol–water partition coefficient (Wildman–Crippen LogP) is 17.6. The number of alkyl halides is 5. The van der Waals surface area contributed by atoms with Crippen LogP contribution in [0.3, 0.4) is 0 Å². The number of phenolic OH excluding ortho intramolecular Hbond substituents is 3. The molecule has 0 aliphatic carbocycles. The van der Waals surface area contributed by atoms with E-state index in [1.165, 1.54) is 97.6 Å². The third-order valence-corrected chi connectivity index (χ3v) is 11.5. The second-order valence-corrected chi connectivity index (χ2v) is 24.2. The van der Waals surface area contributed by atoms with Crippen molar-refractivity contribution in [3.63, 3.8) is 0 Å². The molecule has 0 saturated carbocycles. The second-order valence-electron chi connectivity index (χ2n) is 18.6. The summed E-state index contributed by atoms with van der Waals surface area (Å²) >= 11 is 6.49. The molecule has 0 aliphatic rings. The van der Waals surface area contributed by atoms with Gasteiger partial charge in [0.15, 0.2) is 0 Å². The number of halogens is 16. The van der Waals surface area contributed by atoms with Gasteiger partial charge in [0.05, 0.1) is 77.5 Å². The number of carbonyl (C=O) groups excluding carboxylic acids is 6. The largest absolute Gasteiger partial charge is 1.00 e. The molecule has 0 fully saturated rings. The van der Waals surface area contributed by atoms with Crippen LogP contribution in [0, 0.1) is 105 Å². The zero-order valence-electron chi connectivity index (χ0n) is 57.1. The summed E-state index contributed by atoms with van der Waals surface area (Å²) in [6.45, 7) is 38.5. The molecule has 7 aromatic rings. The number of hydrogen-bond acceptors (Lipinski definition) is 20. The zero-order valence-corrected chi connectivity index (χ0v) is 66.5. The molecular weight excluding hydrogens is 1950 g/mol. The van der Waals surface area contributed by atoms with E-state index in [1.807, 2.05) is 36.4 Å². The van der Waals surface area contributed by atoms with Crippen molar-refractivity contribution >= 4 is 127 Å². The molecule has 0 radical (unpaired) electrons. The Balaban J connectivity index is -0.000000140. The minimum absolute atomic E-state index is 0. The van der Waals surface area contributed by atoms with Gasteiger partial charge in [0.1, 0.15) is 28.7 Å². The number of rotatable bonds is 11. The van der Waals surface area contributed by atoms with E-state index in [0.717, 1.165) is 19.1 Å². The summed E-state index contributed by atoms with van der Waals surface area (Å²) in [5.74, 6) is -34.8. The predicted molar refractivity (Wildman–Crippen MR) is 405 cm³/mol. The van der Waals surface area contributed by atoms with Crippen molar-refractivity contribution in [2.24, 2.45) is 0 Å². The summed E-state index contributed by atoms with van der Waals surface area (Å²) in [6, 6.07) is 22.5. The minimum atomic E-state index is -5.65. The Morgan fingerprint density at radius 3 is 0.965 bits per heavy atom. The maximum atomic E-state index is 13.6. The number of methoxy groups -OCH3 is 4. The van der Waals surface area contributed by atoms with Gasteiger partial charge in [-0.05, 0) is 147 Å². The molecule has 0 spiro atoms. The SMILES string of the molecule is C.C.C.C.C.CC(=O)O.COC(=O)c1ccc(O)c(I)c1.COC(=O)c1ccc(O)cc1.ICI.O=C(Oc1c(F)c(F)c(F)c(F)c1F)C(F)(F)F.[C-]#N.[C-]#N.[C-]#[N+]c1cc(C(=O)OC)ccc1O.[C-]#[N+]c1cc(C(=O)OC)ccc1OC(C)C.[C-]#[N+]c1cc(C(=O)Oc2c(F)c(F)c(F)c(F)c2F)ccc1OC(C)C.[Cu+].[Na+]. The van der Waals surface area contributed by atoms with E-state index >= 15 is 0 Å². The van der Waals surface area contributed by atoms with Crippen LogP contribution in [0.5, 0.6) is 40.2 Å². The molecule has 622 valence electrons. The molecule has 0 aliphatic heterocycles. The Morgan fingerprint density at radius 2 is 0.684 bits per heavy atom. The van der Waals surface area contributed by atoms with E-state index in [1.54, 1.807) is 32.0 Å². The van der Waals surface area contributed by atoms with Gasteiger partial charge in [-0.15, -0.1) is 0 Å². The smallest absolute Gasteiger partial charge is 0.519 e. The van der Waals surface area contributed by atoms with E-state index in [2.05, 4.69) is 88.1 Å². The number of benzene rings is 7. The second kappa shape index (κ2) is 64.5. The van der Waals surface area contributed by atoms with Crippen LogP contribution in [0.2, 0.25) is 0 Å². The molecule has 114 heavy (non-hydrogen) atoms. The van der Waals surface area contributed by atoms with Crippen LogP contribution in [-0.2, 0) is 45.6 Å².